The Morgan fingerprint density at radius 3 is 2.88 bits per heavy atom. The minimum Gasteiger partial charge on any atom is -0.377 e. The number of nitrogens with one attached hydrogen (secondary N) is 1. The summed E-state index contributed by atoms with van der Waals surface area (Å²) in [6.45, 7) is 3.86. The van der Waals surface area contributed by atoms with Gasteiger partial charge in [-0.15, -0.1) is 0 Å². The molecule has 0 amide bonds. The highest BCUT2D eigenvalue weighted by molar-refractivity contribution is 6.30. The molecule has 2 rings (SSSR count). The summed E-state index contributed by atoms with van der Waals surface area (Å²) in [4.78, 5) is 0. The van der Waals surface area contributed by atoms with Gasteiger partial charge >= 0.3 is 0 Å². The zero-order valence-corrected chi connectivity index (χ0v) is 10.9. The van der Waals surface area contributed by atoms with Crippen molar-refractivity contribution < 1.29 is 4.74 Å². The molecule has 94 valence electrons. The van der Waals surface area contributed by atoms with Crippen LogP contribution in [0.4, 0.5) is 0 Å². The number of piperidine rings is 1. The third-order valence-corrected chi connectivity index (χ3v) is 3.52. The van der Waals surface area contributed by atoms with E-state index in [0.29, 0.717) is 6.61 Å². The summed E-state index contributed by atoms with van der Waals surface area (Å²) in [7, 11) is 0. The van der Waals surface area contributed by atoms with Crippen LogP contribution in [0, 0.1) is 5.92 Å². The van der Waals surface area contributed by atoms with Crippen molar-refractivity contribution in [2.75, 3.05) is 19.7 Å². The second-order valence-corrected chi connectivity index (χ2v) is 5.10. The summed E-state index contributed by atoms with van der Waals surface area (Å²) in [6, 6.07) is 7.87. The van der Waals surface area contributed by atoms with Crippen LogP contribution in [-0.2, 0) is 11.3 Å². The summed E-state index contributed by atoms with van der Waals surface area (Å²) >= 11 is 5.92. The van der Waals surface area contributed by atoms with E-state index in [4.69, 9.17) is 16.3 Å². The first kappa shape index (κ1) is 12.9. The maximum atomic E-state index is 5.92. The summed E-state index contributed by atoms with van der Waals surface area (Å²) in [5.74, 6) is 0.843. The molecule has 0 aliphatic carbocycles. The van der Waals surface area contributed by atoms with E-state index in [2.05, 4.69) is 11.4 Å². The fourth-order valence-electron chi connectivity index (χ4n) is 2.24. The van der Waals surface area contributed by atoms with Crippen LogP contribution in [0.15, 0.2) is 24.3 Å². The van der Waals surface area contributed by atoms with Crippen LogP contribution in [0.5, 0.6) is 0 Å². The zero-order valence-electron chi connectivity index (χ0n) is 10.1. The van der Waals surface area contributed by atoms with Crippen molar-refractivity contribution in [1.29, 1.82) is 0 Å². The molecule has 0 atom stereocenters. The molecule has 1 aromatic carbocycles. The van der Waals surface area contributed by atoms with E-state index < -0.39 is 0 Å². The van der Waals surface area contributed by atoms with Crippen molar-refractivity contribution in [3.8, 4) is 0 Å². The van der Waals surface area contributed by atoms with E-state index in [1.165, 1.54) is 32.4 Å². The number of benzene rings is 1. The zero-order chi connectivity index (χ0) is 11.9. The molecule has 1 aliphatic rings. The molecule has 1 N–H and O–H groups in total. The summed E-state index contributed by atoms with van der Waals surface area (Å²) in [6.07, 6.45) is 3.77. The fourth-order valence-corrected chi connectivity index (χ4v) is 2.45. The number of halogens is 1. The van der Waals surface area contributed by atoms with Crippen LogP contribution in [0.3, 0.4) is 0 Å². The molecule has 1 aromatic rings. The van der Waals surface area contributed by atoms with Gasteiger partial charge in [-0.1, -0.05) is 23.7 Å². The number of hydrogen-bond acceptors (Lipinski definition) is 2. The molecule has 3 heteroatoms. The highest BCUT2D eigenvalue weighted by atomic mass is 35.5. The van der Waals surface area contributed by atoms with Gasteiger partial charge in [0.15, 0.2) is 0 Å². The van der Waals surface area contributed by atoms with Crippen LogP contribution in [0.1, 0.15) is 24.8 Å². The van der Waals surface area contributed by atoms with E-state index in [-0.39, 0.29) is 0 Å². The first-order chi connectivity index (χ1) is 8.34. The van der Waals surface area contributed by atoms with Crippen molar-refractivity contribution in [3.63, 3.8) is 0 Å². The molecule has 2 nitrogen and oxygen atoms in total. The van der Waals surface area contributed by atoms with E-state index in [9.17, 15) is 0 Å². The third kappa shape index (κ3) is 4.66. The van der Waals surface area contributed by atoms with Gasteiger partial charge in [0.2, 0.25) is 0 Å². The van der Waals surface area contributed by atoms with Crippen molar-refractivity contribution in [3.05, 3.63) is 34.9 Å². The Labute approximate surface area is 108 Å². The topological polar surface area (TPSA) is 21.3 Å². The van der Waals surface area contributed by atoms with Gasteiger partial charge in [0.1, 0.15) is 0 Å². The lowest BCUT2D eigenvalue weighted by atomic mass is 9.95. The first-order valence-electron chi connectivity index (χ1n) is 6.37. The quantitative estimate of drug-likeness (QED) is 0.814. The van der Waals surface area contributed by atoms with Crippen molar-refractivity contribution in [1.82, 2.24) is 5.32 Å². The van der Waals surface area contributed by atoms with Crippen molar-refractivity contribution in [2.45, 2.75) is 25.9 Å². The third-order valence-electron chi connectivity index (χ3n) is 3.29. The van der Waals surface area contributed by atoms with Gasteiger partial charge in [0, 0.05) is 11.6 Å². The highest BCUT2D eigenvalue weighted by Gasteiger charge is 2.12. The molecular formula is C14H20ClNO. The standard InChI is InChI=1S/C14H20ClNO/c15-14-3-1-2-13(10-14)11-17-9-6-12-4-7-16-8-5-12/h1-3,10,12,16H,4-9,11H2. The van der Waals surface area contributed by atoms with Crippen molar-refractivity contribution in [2.24, 2.45) is 5.92 Å². The summed E-state index contributed by atoms with van der Waals surface area (Å²) in [5.41, 5.74) is 1.16. The van der Waals surface area contributed by atoms with E-state index in [1.807, 2.05) is 18.2 Å². The van der Waals surface area contributed by atoms with Gasteiger partial charge in [0.25, 0.3) is 0 Å². The number of rotatable bonds is 5. The van der Waals surface area contributed by atoms with Crippen LogP contribution >= 0.6 is 11.6 Å². The van der Waals surface area contributed by atoms with Gasteiger partial charge in [-0.05, 0) is 56.0 Å². The molecule has 1 fully saturated rings. The summed E-state index contributed by atoms with van der Waals surface area (Å²) in [5, 5.41) is 4.16. The molecule has 1 saturated heterocycles. The lowest BCUT2D eigenvalue weighted by Gasteiger charge is -2.22. The van der Waals surface area contributed by atoms with Gasteiger partial charge in [-0.2, -0.15) is 0 Å². The van der Waals surface area contributed by atoms with Crippen LogP contribution < -0.4 is 5.32 Å². The number of hydrogen-bond donors (Lipinski definition) is 1. The van der Waals surface area contributed by atoms with Gasteiger partial charge < -0.3 is 10.1 Å². The van der Waals surface area contributed by atoms with E-state index in [1.54, 1.807) is 0 Å². The van der Waals surface area contributed by atoms with Crippen LogP contribution in [0.25, 0.3) is 0 Å². The number of ether oxygens (including phenoxy) is 1. The molecule has 0 aromatic heterocycles. The predicted molar refractivity (Wildman–Crippen MR) is 71.3 cm³/mol. The fraction of sp³-hybridized carbons (Fsp3) is 0.571. The molecule has 0 saturated carbocycles. The largest absolute Gasteiger partial charge is 0.377 e. The Morgan fingerprint density at radius 1 is 1.29 bits per heavy atom. The Morgan fingerprint density at radius 2 is 2.12 bits per heavy atom. The lowest BCUT2D eigenvalue weighted by Crippen LogP contribution is -2.28. The molecule has 0 bridgehead atoms. The summed E-state index contributed by atoms with van der Waals surface area (Å²) < 4.78 is 5.70. The molecule has 1 aliphatic heterocycles. The second-order valence-electron chi connectivity index (χ2n) is 4.66. The van der Waals surface area contributed by atoms with Gasteiger partial charge in [-0.3, -0.25) is 0 Å². The van der Waals surface area contributed by atoms with E-state index >= 15 is 0 Å². The molecule has 17 heavy (non-hydrogen) atoms. The average molecular weight is 254 g/mol. The molecule has 0 unspecified atom stereocenters. The Balaban J connectivity index is 1.62. The van der Waals surface area contributed by atoms with E-state index in [0.717, 1.165) is 23.1 Å². The Kier molecular flexibility index (Phi) is 5.30. The van der Waals surface area contributed by atoms with Crippen molar-refractivity contribution >= 4 is 11.6 Å². The lowest BCUT2D eigenvalue weighted by molar-refractivity contribution is 0.103. The molecule has 0 spiro atoms. The normalized spacial score (nSPS) is 17.2. The second kappa shape index (κ2) is 7.00. The first-order valence-corrected chi connectivity index (χ1v) is 6.75. The predicted octanol–water partition coefficient (Wildman–Crippen LogP) is 3.25. The molecular weight excluding hydrogens is 234 g/mol. The average Bonchev–Trinajstić information content (AvgIpc) is 2.36. The SMILES string of the molecule is Clc1cccc(COCCC2CCNCC2)c1. The Bertz CT molecular complexity index is 337. The van der Waals surface area contributed by atoms with Gasteiger partial charge in [0.05, 0.1) is 6.61 Å². The maximum absolute atomic E-state index is 5.92. The van der Waals surface area contributed by atoms with Crippen LogP contribution in [0.2, 0.25) is 5.02 Å². The van der Waals surface area contributed by atoms with Crippen LogP contribution in [-0.4, -0.2) is 19.7 Å². The smallest absolute Gasteiger partial charge is 0.0717 e. The van der Waals surface area contributed by atoms with Gasteiger partial charge in [-0.25, -0.2) is 0 Å². The monoisotopic (exact) mass is 253 g/mol. The minimum atomic E-state index is 0.672. The highest BCUT2D eigenvalue weighted by Crippen LogP contribution is 2.16. The maximum Gasteiger partial charge on any atom is 0.0717 e. The minimum absolute atomic E-state index is 0.672. The molecule has 0 radical (unpaired) electrons. The Hall–Kier alpha value is -0.570. The molecule has 1 heterocycles.